The van der Waals surface area contributed by atoms with Crippen molar-refractivity contribution in [2.45, 2.75) is 12.8 Å². The highest BCUT2D eigenvalue weighted by atomic mass is 35.5. The molecule has 1 aromatic rings. The highest BCUT2D eigenvalue weighted by molar-refractivity contribution is 6.52. The van der Waals surface area contributed by atoms with Gasteiger partial charge in [0, 0.05) is 11.6 Å². The number of rotatable bonds is 2. The van der Waals surface area contributed by atoms with Crippen molar-refractivity contribution in [3.8, 4) is 0 Å². The van der Waals surface area contributed by atoms with Gasteiger partial charge in [0.05, 0.1) is 11.3 Å². The average Bonchev–Trinajstić information content (AvgIpc) is 3.04. The van der Waals surface area contributed by atoms with Crippen molar-refractivity contribution < 1.29 is 9.59 Å². The Balaban J connectivity index is 2.03. The van der Waals surface area contributed by atoms with Gasteiger partial charge in [-0.15, -0.1) is 0 Å². The van der Waals surface area contributed by atoms with Gasteiger partial charge in [0.15, 0.2) is 0 Å². The van der Waals surface area contributed by atoms with Crippen molar-refractivity contribution in [3.05, 3.63) is 28.8 Å². The summed E-state index contributed by atoms with van der Waals surface area (Å²) >= 11 is 5.89. The summed E-state index contributed by atoms with van der Waals surface area (Å²) < 4.78 is 0. The first-order valence-corrected chi connectivity index (χ1v) is 5.70. The van der Waals surface area contributed by atoms with Gasteiger partial charge in [-0.05, 0) is 37.0 Å². The van der Waals surface area contributed by atoms with Gasteiger partial charge in [-0.1, -0.05) is 11.6 Å². The van der Waals surface area contributed by atoms with Gasteiger partial charge in [0.25, 0.3) is 11.7 Å². The van der Waals surface area contributed by atoms with E-state index in [1.807, 2.05) is 0 Å². The number of hydrogen-bond acceptors (Lipinski definition) is 2. The summed E-state index contributed by atoms with van der Waals surface area (Å²) in [5.74, 6) is -0.266. The predicted molar refractivity (Wildman–Crippen MR) is 60.9 cm³/mol. The van der Waals surface area contributed by atoms with Crippen LogP contribution < -0.4 is 4.90 Å². The van der Waals surface area contributed by atoms with Gasteiger partial charge in [0.2, 0.25) is 0 Å². The van der Waals surface area contributed by atoms with Crippen LogP contribution in [0, 0.1) is 5.92 Å². The molecule has 4 heteroatoms. The molecule has 1 aliphatic carbocycles. The zero-order valence-corrected chi connectivity index (χ0v) is 9.33. The van der Waals surface area contributed by atoms with Crippen LogP contribution in [-0.2, 0) is 4.79 Å². The van der Waals surface area contributed by atoms with Gasteiger partial charge < -0.3 is 4.90 Å². The lowest BCUT2D eigenvalue weighted by molar-refractivity contribution is -0.114. The number of nitrogens with zero attached hydrogens (tertiary/aromatic N) is 1. The van der Waals surface area contributed by atoms with E-state index in [1.54, 1.807) is 23.1 Å². The molecular weight excluding hydrogens is 226 g/mol. The Kier molecular flexibility index (Phi) is 2.04. The van der Waals surface area contributed by atoms with E-state index in [2.05, 4.69) is 0 Å². The van der Waals surface area contributed by atoms with Crippen LogP contribution in [0.15, 0.2) is 18.2 Å². The molecule has 16 heavy (non-hydrogen) atoms. The van der Waals surface area contributed by atoms with Crippen LogP contribution in [0.5, 0.6) is 0 Å². The van der Waals surface area contributed by atoms with E-state index in [4.69, 9.17) is 11.6 Å². The first-order chi connectivity index (χ1) is 7.66. The molecule has 1 aliphatic heterocycles. The van der Waals surface area contributed by atoms with E-state index in [9.17, 15) is 9.59 Å². The molecule has 0 bridgehead atoms. The Bertz CT molecular complexity index is 494. The highest BCUT2D eigenvalue weighted by Crippen LogP contribution is 2.36. The van der Waals surface area contributed by atoms with Gasteiger partial charge in [-0.25, -0.2) is 0 Å². The number of fused-ring (bicyclic) bond motifs is 1. The van der Waals surface area contributed by atoms with Crippen LogP contribution in [0.3, 0.4) is 0 Å². The quantitative estimate of drug-likeness (QED) is 0.738. The average molecular weight is 236 g/mol. The number of Topliss-reactive ketones (excluding diaryl/α,β-unsaturated/α-hetero) is 1. The third-order valence-electron chi connectivity index (χ3n) is 3.07. The van der Waals surface area contributed by atoms with E-state index < -0.39 is 11.7 Å². The first-order valence-electron chi connectivity index (χ1n) is 5.32. The number of carbonyl (C=O) groups excluding carboxylic acids is 2. The molecule has 1 heterocycles. The molecule has 2 aliphatic rings. The number of benzene rings is 1. The molecule has 1 amide bonds. The fourth-order valence-corrected chi connectivity index (χ4v) is 2.17. The Morgan fingerprint density at radius 1 is 1.31 bits per heavy atom. The fourth-order valence-electron chi connectivity index (χ4n) is 2.01. The first kappa shape index (κ1) is 9.85. The summed E-state index contributed by atoms with van der Waals surface area (Å²) in [4.78, 5) is 25.0. The molecule has 0 N–H and O–H groups in total. The van der Waals surface area contributed by atoms with Crippen LogP contribution >= 0.6 is 11.6 Å². The van der Waals surface area contributed by atoms with Crippen molar-refractivity contribution in [2.24, 2.45) is 5.92 Å². The smallest absolute Gasteiger partial charge is 0.299 e. The predicted octanol–water partition coefficient (Wildman–Crippen LogP) is 2.28. The van der Waals surface area contributed by atoms with Gasteiger partial charge in [-0.2, -0.15) is 0 Å². The molecule has 0 atom stereocenters. The minimum atomic E-state index is -0.413. The van der Waals surface area contributed by atoms with Crippen molar-refractivity contribution in [1.82, 2.24) is 0 Å². The Hall–Kier alpha value is -1.35. The summed E-state index contributed by atoms with van der Waals surface area (Å²) in [6.07, 6.45) is 2.29. The number of hydrogen-bond donors (Lipinski definition) is 0. The van der Waals surface area contributed by atoms with E-state index in [-0.39, 0.29) is 0 Å². The molecule has 0 aromatic heterocycles. The topological polar surface area (TPSA) is 37.4 Å². The number of carbonyl (C=O) groups is 2. The Labute approximate surface area is 98.0 Å². The van der Waals surface area contributed by atoms with Crippen LogP contribution in [0.1, 0.15) is 23.2 Å². The Morgan fingerprint density at radius 3 is 2.75 bits per heavy atom. The third-order valence-corrected chi connectivity index (χ3v) is 3.31. The van der Waals surface area contributed by atoms with Crippen LogP contribution in [-0.4, -0.2) is 18.2 Å². The van der Waals surface area contributed by atoms with Crippen LogP contribution in [0.4, 0.5) is 5.69 Å². The maximum Gasteiger partial charge on any atom is 0.299 e. The second-order valence-electron chi connectivity index (χ2n) is 4.35. The normalized spacial score (nSPS) is 19.2. The summed E-state index contributed by atoms with van der Waals surface area (Å²) in [5.41, 5.74) is 1.16. The zero-order valence-electron chi connectivity index (χ0n) is 8.57. The molecule has 0 radical (unpaired) electrons. The number of halogens is 1. The SMILES string of the molecule is O=C1C(=O)N(CC2CC2)c2cc(Cl)ccc21. The monoisotopic (exact) mass is 235 g/mol. The second-order valence-corrected chi connectivity index (χ2v) is 4.79. The molecule has 0 spiro atoms. The molecule has 1 fully saturated rings. The largest absolute Gasteiger partial charge is 0.304 e. The molecule has 82 valence electrons. The molecule has 1 saturated carbocycles. The number of amides is 1. The molecular formula is C12H10ClNO2. The Morgan fingerprint density at radius 2 is 2.06 bits per heavy atom. The minimum Gasteiger partial charge on any atom is -0.304 e. The molecule has 1 aromatic carbocycles. The maximum absolute atomic E-state index is 11.8. The molecule has 3 nitrogen and oxygen atoms in total. The fraction of sp³-hybridized carbons (Fsp3) is 0.333. The van der Waals surface area contributed by atoms with Gasteiger partial charge in [-0.3, -0.25) is 9.59 Å². The summed E-state index contributed by atoms with van der Waals surface area (Å²) in [7, 11) is 0. The lowest BCUT2D eigenvalue weighted by Gasteiger charge is -2.15. The van der Waals surface area contributed by atoms with Crippen molar-refractivity contribution in [1.29, 1.82) is 0 Å². The number of ketones is 1. The van der Waals surface area contributed by atoms with Crippen molar-refractivity contribution in [2.75, 3.05) is 11.4 Å². The minimum absolute atomic E-state index is 0.410. The maximum atomic E-state index is 11.8. The van der Waals surface area contributed by atoms with Gasteiger partial charge >= 0.3 is 0 Å². The summed E-state index contributed by atoms with van der Waals surface area (Å²) in [5, 5.41) is 0.557. The number of anilines is 1. The standard InChI is InChI=1S/C12H10ClNO2/c13-8-3-4-9-10(5-8)14(6-7-1-2-7)12(16)11(9)15/h3-5,7H,1-2,6H2. The van der Waals surface area contributed by atoms with Crippen LogP contribution in [0.25, 0.3) is 0 Å². The molecule has 0 unspecified atom stereocenters. The summed E-state index contributed by atoms with van der Waals surface area (Å²) in [6.45, 7) is 0.651. The lowest BCUT2D eigenvalue weighted by Crippen LogP contribution is -2.31. The molecule has 3 rings (SSSR count). The van der Waals surface area contributed by atoms with Gasteiger partial charge in [0.1, 0.15) is 0 Å². The van der Waals surface area contributed by atoms with E-state index in [0.29, 0.717) is 28.7 Å². The van der Waals surface area contributed by atoms with E-state index >= 15 is 0 Å². The van der Waals surface area contributed by atoms with E-state index in [0.717, 1.165) is 12.8 Å². The van der Waals surface area contributed by atoms with Crippen LogP contribution in [0.2, 0.25) is 5.02 Å². The lowest BCUT2D eigenvalue weighted by atomic mass is 10.1. The summed E-state index contributed by atoms with van der Waals surface area (Å²) in [6, 6.07) is 4.97. The third kappa shape index (κ3) is 1.43. The van der Waals surface area contributed by atoms with Crippen molar-refractivity contribution >= 4 is 29.0 Å². The van der Waals surface area contributed by atoms with Crippen molar-refractivity contribution in [3.63, 3.8) is 0 Å². The molecule has 0 saturated heterocycles. The second kappa shape index (κ2) is 3.32. The van der Waals surface area contributed by atoms with E-state index in [1.165, 1.54) is 0 Å². The zero-order chi connectivity index (χ0) is 11.3. The highest BCUT2D eigenvalue weighted by Gasteiger charge is 2.38.